The molecular formula is C10H12BrNO4S. The van der Waals surface area contributed by atoms with Gasteiger partial charge < -0.3 is 10.3 Å². The van der Waals surface area contributed by atoms with Crippen LogP contribution in [0.25, 0.3) is 0 Å². The lowest BCUT2D eigenvalue weighted by atomic mass is 10.1. The van der Waals surface area contributed by atoms with Crippen LogP contribution in [0.5, 0.6) is 0 Å². The van der Waals surface area contributed by atoms with Gasteiger partial charge >= 0.3 is 0 Å². The zero-order valence-electron chi connectivity index (χ0n) is 9.04. The number of sulfone groups is 1. The van der Waals surface area contributed by atoms with E-state index in [0.717, 1.165) is 10.7 Å². The fourth-order valence-corrected chi connectivity index (χ4v) is 2.48. The first-order valence-corrected chi connectivity index (χ1v) is 7.42. The van der Waals surface area contributed by atoms with Crippen LogP contribution in [0.2, 0.25) is 0 Å². The Labute approximate surface area is 108 Å². The summed E-state index contributed by atoms with van der Waals surface area (Å²) in [6.45, 7) is -0.631. The van der Waals surface area contributed by atoms with Gasteiger partial charge in [-0.1, -0.05) is 33.2 Å². The van der Waals surface area contributed by atoms with E-state index in [9.17, 15) is 8.42 Å². The quantitative estimate of drug-likeness (QED) is 0.492. The Morgan fingerprint density at radius 1 is 1.41 bits per heavy atom. The summed E-state index contributed by atoms with van der Waals surface area (Å²) < 4.78 is 23.7. The third kappa shape index (κ3) is 3.52. The summed E-state index contributed by atoms with van der Waals surface area (Å²) in [4.78, 5) is 0. The molecule has 0 bridgehead atoms. The maximum Gasteiger partial charge on any atom is 0.158 e. The van der Waals surface area contributed by atoms with Crippen LogP contribution in [0.3, 0.4) is 0 Å². The Morgan fingerprint density at radius 2 is 1.94 bits per heavy atom. The standard InChI is InChI=1S/C10H12BrNO4S/c1-17(15,16)9(6-13)10(12-14)7-2-4-8(11)5-3-7/h2-5,9,13-14H,6H2,1H3/b12-10+. The largest absolute Gasteiger partial charge is 0.411 e. The van der Waals surface area contributed by atoms with Crippen molar-refractivity contribution in [2.24, 2.45) is 5.16 Å². The summed E-state index contributed by atoms with van der Waals surface area (Å²) in [7, 11) is -3.54. The van der Waals surface area contributed by atoms with Gasteiger partial charge in [-0.05, 0) is 12.1 Å². The molecule has 7 heteroatoms. The molecule has 5 nitrogen and oxygen atoms in total. The lowest BCUT2D eigenvalue weighted by molar-refractivity contribution is 0.296. The molecule has 1 aromatic rings. The average molecular weight is 322 g/mol. The number of hydrogen-bond donors (Lipinski definition) is 2. The van der Waals surface area contributed by atoms with Crippen LogP contribution in [-0.2, 0) is 9.84 Å². The fraction of sp³-hybridized carbons (Fsp3) is 0.300. The minimum absolute atomic E-state index is 0.0671. The molecule has 0 radical (unpaired) electrons. The van der Waals surface area contributed by atoms with Gasteiger partial charge in [0.1, 0.15) is 11.0 Å². The lowest BCUT2D eigenvalue weighted by Crippen LogP contribution is -2.33. The highest BCUT2D eigenvalue weighted by atomic mass is 79.9. The fourth-order valence-electron chi connectivity index (χ4n) is 1.35. The highest BCUT2D eigenvalue weighted by molar-refractivity contribution is 9.10. The molecule has 0 fully saturated rings. The molecule has 1 aromatic carbocycles. The molecule has 94 valence electrons. The van der Waals surface area contributed by atoms with Crippen LogP contribution in [0.15, 0.2) is 33.9 Å². The monoisotopic (exact) mass is 321 g/mol. The zero-order valence-corrected chi connectivity index (χ0v) is 11.4. The number of nitrogens with zero attached hydrogens (tertiary/aromatic N) is 1. The Hall–Kier alpha value is -0.920. The number of aliphatic hydroxyl groups excluding tert-OH is 1. The normalized spacial score (nSPS) is 14.6. The average Bonchev–Trinajstić information content (AvgIpc) is 2.25. The van der Waals surface area contributed by atoms with Gasteiger partial charge in [-0.15, -0.1) is 0 Å². The van der Waals surface area contributed by atoms with Crippen molar-refractivity contribution in [1.82, 2.24) is 0 Å². The maximum atomic E-state index is 11.4. The van der Waals surface area contributed by atoms with Crippen LogP contribution < -0.4 is 0 Å². The summed E-state index contributed by atoms with van der Waals surface area (Å²) in [5, 5.41) is 19.8. The smallest absolute Gasteiger partial charge is 0.158 e. The Morgan fingerprint density at radius 3 is 2.29 bits per heavy atom. The number of hydrogen-bond acceptors (Lipinski definition) is 5. The third-order valence-electron chi connectivity index (χ3n) is 2.24. The topological polar surface area (TPSA) is 87.0 Å². The van der Waals surface area contributed by atoms with Gasteiger partial charge in [0.2, 0.25) is 0 Å². The molecular weight excluding hydrogens is 310 g/mol. The van der Waals surface area contributed by atoms with Crippen molar-refractivity contribution >= 4 is 31.5 Å². The number of rotatable bonds is 4. The van der Waals surface area contributed by atoms with Gasteiger partial charge in [0.25, 0.3) is 0 Å². The highest BCUT2D eigenvalue weighted by Crippen LogP contribution is 2.15. The molecule has 0 aliphatic rings. The minimum atomic E-state index is -3.54. The predicted octanol–water partition coefficient (Wildman–Crippen LogP) is 1.03. The first-order valence-electron chi connectivity index (χ1n) is 4.67. The highest BCUT2D eigenvalue weighted by Gasteiger charge is 2.27. The van der Waals surface area contributed by atoms with Crippen molar-refractivity contribution in [3.8, 4) is 0 Å². The van der Waals surface area contributed by atoms with Crippen molar-refractivity contribution in [3.63, 3.8) is 0 Å². The molecule has 0 heterocycles. The predicted molar refractivity (Wildman–Crippen MR) is 68.2 cm³/mol. The van der Waals surface area contributed by atoms with E-state index in [2.05, 4.69) is 21.1 Å². The second-order valence-corrected chi connectivity index (χ2v) is 6.64. The number of halogens is 1. The Kier molecular flexibility index (Phi) is 4.67. The number of aliphatic hydroxyl groups is 1. The van der Waals surface area contributed by atoms with Crippen molar-refractivity contribution in [1.29, 1.82) is 0 Å². The molecule has 0 aliphatic carbocycles. The van der Waals surface area contributed by atoms with Crippen LogP contribution in [-0.4, -0.2) is 42.6 Å². The second kappa shape index (κ2) is 5.61. The molecule has 0 aromatic heterocycles. The Balaban J connectivity index is 3.20. The van der Waals surface area contributed by atoms with E-state index in [0.29, 0.717) is 5.56 Å². The molecule has 0 spiro atoms. The van der Waals surface area contributed by atoms with E-state index in [-0.39, 0.29) is 5.71 Å². The van der Waals surface area contributed by atoms with Crippen molar-refractivity contribution in [2.75, 3.05) is 12.9 Å². The SMILES string of the molecule is CS(=O)(=O)C(CO)/C(=N/O)c1ccc(Br)cc1. The first-order chi connectivity index (χ1) is 7.90. The van der Waals surface area contributed by atoms with Crippen molar-refractivity contribution in [3.05, 3.63) is 34.3 Å². The van der Waals surface area contributed by atoms with E-state index in [4.69, 9.17) is 10.3 Å². The van der Waals surface area contributed by atoms with Crippen LogP contribution in [0.1, 0.15) is 5.56 Å². The van der Waals surface area contributed by atoms with Crippen LogP contribution in [0.4, 0.5) is 0 Å². The first kappa shape index (κ1) is 14.1. The van der Waals surface area contributed by atoms with E-state index in [1.165, 1.54) is 0 Å². The minimum Gasteiger partial charge on any atom is -0.411 e. The molecule has 1 unspecified atom stereocenters. The molecule has 17 heavy (non-hydrogen) atoms. The van der Waals surface area contributed by atoms with E-state index in [1.807, 2.05) is 0 Å². The van der Waals surface area contributed by atoms with Gasteiger partial charge in [0.05, 0.1) is 6.61 Å². The third-order valence-corrected chi connectivity index (χ3v) is 4.17. The Bertz CT molecular complexity index is 510. The summed E-state index contributed by atoms with van der Waals surface area (Å²) in [6, 6.07) is 6.59. The molecule has 0 saturated carbocycles. The molecule has 0 saturated heterocycles. The van der Waals surface area contributed by atoms with Gasteiger partial charge in [-0.25, -0.2) is 8.42 Å². The molecule has 0 amide bonds. The van der Waals surface area contributed by atoms with Crippen LogP contribution in [0, 0.1) is 0 Å². The zero-order chi connectivity index (χ0) is 13.1. The summed E-state index contributed by atoms with van der Waals surface area (Å²) in [5.41, 5.74) is 0.377. The van der Waals surface area contributed by atoms with Gasteiger partial charge in [-0.2, -0.15) is 0 Å². The molecule has 1 atom stereocenters. The summed E-state index contributed by atoms with van der Waals surface area (Å²) in [6.07, 6.45) is 0.984. The molecule has 2 N–H and O–H groups in total. The van der Waals surface area contributed by atoms with Gasteiger partial charge in [0, 0.05) is 16.3 Å². The van der Waals surface area contributed by atoms with Crippen LogP contribution >= 0.6 is 15.9 Å². The maximum absolute atomic E-state index is 11.4. The number of oxime groups is 1. The summed E-state index contributed by atoms with van der Waals surface area (Å²) >= 11 is 3.24. The van der Waals surface area contributed by atoms with Crippen molar-refractivity contribution in [2.45, 2.75) is 5.25 Å². The van der Waals surface area contributed by atoms with Crippen molar-refractivity contribution < 1.29 is 18.7 Å². The van der Waals surface area contributed by atoms with E-state index >= 15 is 0 Å². The summed E-state index contributed by atoms with van der Waals surface area (Å²) in [5.74, 6) is 0. The lowest BCUT2D eigenvalue weighted by Gasteiger charge is -2.13. The molecule has 1 rings (SSSR count). The molecule has 0 aliphatic heterocycles. The van der Waals surface area contributed by atoms with Gasteiger partial charge in [0.15, 0.2) is 9.84 Å². The van der Waals surface area contributed by atoms with E-state index < -0.39 is 21.7 Å². The van der Waals surface area contributed by atoms with E-state index in [1.54, 1.807) is 24.3 Å². The van der Waals surface area contributed by atoms with Gasteiger partial charge in [-0.3, -0.25) is 0 Å². The second-order valence-electron chi connectivity index (χ2n) is 3.49. The number of benzene rings is 1.